The van der Waals surface area contributed by atoms with Gasteiger partial charge in [-0.15, -0.1) is 0 Å². The summed E-state index contributed by atoms with van der Waals surface area (Å²) in [5, 5.41) is 9.52. The van der Waals surface area contributed by atoms with Crippen LogP contribution in [0.2, 0.25) is 0 Å². The van der Waals surface area contributed by atoms with Gasteiger partial charge in [0.15, 0.2) is 5.76 Å². The Labute approximate surface area is 124 Å². The van der Waals surface area contributed by atoms with Crippen molar-refractivity contribution in [2.24, 2.45) is 0 Å². The fraction of sp³-hybridized carbons (Fsp3) is 0.286. The fourth-order valence-corrected chi connectivity index (χ4v) is 2.29. The second kappa shape index (κ2) is 6.09. The lowest BCUT2D eigenvalue weighted by molar-refractivity contribution is -0.137. The van der Waals surface area contributed by atoms with E-state index >= 15 is 0 Å². The number of carbonyl (C=O) groups excluding carboxylic acids is 1. The lowest BCUT2D eigenvalue weighted by atomic mass is 10.2. The van der Waals surface area contributed by atoms with E-state index in [4.69, 9.17) is 9.52 Å². The van der Waals surface area contributed by atoms with Gasteiger partial charge in [0.05, 0.1) is 6.42 Å². The van der Waals surface area contributed by atoms with Crippen molar-refractivity contribution in [3.05, 3.63) is 34.5 Å². The third kappa shape index (κ3) is 3.19. The van der Waals surface area contributed by atoms with Crippen LogP contribution < -0.4 is 0 Å². The number of carboxylic acids is 1. The molecule has 0 atom stereocenters. The number of aliphatic carboxylic acids is 1. The van der Waals surface area contributed by atoms with E-state index in [1.54, 1.807) is 19.1 Å². The van der Waals surface area contributed by atoms with E-state index in [1.165, 1.54) is 4.90 Å². The van der Waals surface area contributed by atoms with Gasteiger partial charge in [0.2, 0.25) is 0 Å². The van der Waals surface area contributed by atoms with Crippen LogP contribution >= 0.6 is 15.9 Å². The standard InChI is InChI=1S/C14H14BrNO4/c1-2-16(6-5-13(17)18)14(19)12-8-9-7-10(15)3-4-11(9)20-12/h3-4,7-8H,2,5-6H2,1H3,(H,17,18). The fourth-order valence-electron chi connectivity index (χ4n) is 1.91. The van der Waals surface area contributed by atoms with Gasteiger partial charge in [0, 0.05) is 22.9 Å². The zero-order valence-electron chi connectivity index (χ0n) is 10.9. The van der Waals surface area contributed by atoms with Gasteiger partial charge in [0.25, 0.3) is 5.91 Å². The summed E-state index contributed by atoms with van der Waals surface area (Å²) < 4.78 is 6.42. The van der Waals surface area contributed by atoms with Crippen LogP contribution in [0.25, 0.3) is 11.0 Å². The summed E-state index contributed by atoms with van der Waals surface area (Å²) in [4.78, 5) is 24.3. The molecule has 1 heterocycles. The molecule has 1 aromatic heterocycles. The zero-order chi connectivity index (χ0) is 14.7. The molecule has 0 saturated carbocycles. The molecule has 2 aromatic rings. The first-order chi connectivity index (χ1) is 9.51. The van der Waals surface area contributed by atoms with E-state index in [-0.39, 0.29) is 24.6 Å². The molecule has 2 rings (SSSR count). The molecule has 0 aliphatic heterocycles. The SMILES string of the molecule is CCN(CCC(=O)O)C(=O)c1cc2cc(Br)ccc2o1. The van der Waals surface area contributed by atoms with Gasteiger partial charge >= 0.3 is 5.97 Å². The largest absolute Gasteiger partial charge is 0.481 e. The van der Waals surface area contributed by atoms with Gasteiger partial charge in [0.1, 0.15) is 5.58 Å². The van der Waals surface area contributed by atoms with Gasteiger partial charge in [-0.3, -0.25) is 9.59 Å². The van der Waals surface area contributed by atoms with E-state index in [0.717, 1.165) is 9.86 Å². The van der Waals surface area contributed by atoms with Crippen LogP contribution in [-0.4, -0.2) is 35.0 Å². The lowest BCUT2D eigenvalue weighted by Gasteiger charge is -2.18. The van der Waals surface area contributed by atoms with Crippen molar-refractivity contribution in [3.8, 4) is 0 Å². The van der Waals surface area contributed by atoms with Crippen molar-refractivity contribution < 1.29 is 19.1 Å². The number of carboxylic acid groups (broad SMARTS) is 1. The molecular formula is C14H14BrNO4. The molecule has 1 aromatic carbocycles. The minimum Gasteiger partial charge on any atom is -0.481 e. The van der Waals surface area contributed by atoms with Crippen molar-refractivity contribution in [3.63, 3.8) is 0 Å². The molecule has 20 heavy (non-hydrogen) atoms. The highest BCUT2D eigenvalue weighted by atomic mass is 79.9. The Hall–Kier alpha value is -1.82. The minimum absolute atomic E-state index is 0.0780. The van der Waals surface area contributed by atoms with Gasteiger partial charge < -0.3 is 14.4 Å². The van der Waals surface area contributed by atoms with Crippen LogP contribution in [0.4, 0.5) is 0 Å². The molecule has 1 N–H and O–H groups in total. The van der Waals surface area contributed by atoms with Crippen molar-refractivity contribution in [1.82, 2.24) is 4.90 Å². The zero-order valence-corrected chi connectivity index (χ0v) is 12.5. The maximum atomic E-state index is 12.3. The van der Waals surface area contributed by atoms with Gasteiger partial charge in [-0.2, -0.15) is 0 Å². The van der Waals surface area contributed by atoms with E-state index < -0.39 is 5.97 Å². The van der Waals surface area contributed by atoms with Gasteiger partial charge in [-0.1, -0.05) is 15.9 Å². The van der Waals surface area contributed by atoms with Crippen molar-refractivity contribution in [2.45, 2.75) is 13.3 Å². The number of rotatable bonds is 5. The number of hydrogen-bond acceptors (Lipinski definition) is 3. The molecule has 1 amide bonds. The highest BCUT2D eigenvalue weighted by Crippen LogP contribution is 2.24. The average molecular weight is 340 g/mol. The summed E-state index contributed by atoms with van der Waals surface area (Å²) in [5.74, 6) is -0.990. The molecule has 0 spiro atoms. The molecule has 0 aliphatic rings. The summed E-state index contributed by atoms with van der Waals surface area (Å²) in [7, 11) is 0. The molecule has 0 radical (unpaired) electrons. The molecule has 0 aliphatic carbocycles. The predicted molar refractivity (Wildman–Crippen MR) is 77.7 cm³/mol. The maximum Gasteiger partial charge on any atom is 0.305 e. The number of halogens is 1. The Morgan fingerprint density at radius 2 is 2.10 bits per heavy atom. The first kappa shape index (κ1) is 14.6. The summed E-state index contributed by atoms with van der Waals surface area (Å²) in [6, 6.07) is 7.15. The minimum atomic E-state index is -0.926. The van der Waals surface area contributed by atoms with Gasteiger partial charge in [-0.25, -0.2) is 0 Å². The average Bonchev–Trinajstić information content (AvgIpc) is 2.81. The number of amides is 1. The summed E-state index contributed by atoms with van der Waals surface area (Å²) in [6.07, 6.45) is -0.0780. The molecule has 106 valence electrons. The Morgan fingerprint density at radius 3 is 2.75 bits per heavy atom. The van der Waals surface area contributed by atoms with Crippen LogP contribution in [0.15, 0.2) is 33.2 Å². The van der Waals surface area contributed by atoms with Crippen LogP contribution in [0.3, 0.4) is 0 Å². The number of furan rings is 1. The lowest BCUT2D eigenvalue weighted by Crippen LogP contribution is -2.32. The van der Waals surface area contributed by atoms with Crippen molar-refractivity contribution >= 4 is 38.8 Å². The molecule has 5 nitrogen and oxygen atoms in total. The number of benzene rings is 1. The number of carbonyl (C=O) groups is 2. The molecule has 0 fully saturated rings. The second-order valence-corrected chi connectivity index (χ2v) is 5.24. The summed E-state index contributed by atoms with van der Waals surface area (Å²) in [6.45, 7) is 2.41. The predicted octanol–water partition coefficient (Wildman–Crippen LogP) is 3.13. The first-order valence-electron chi connectivity index (χ1n) is 6.21. The summed E-state index contributed by atoms with van der Waals surface area (Å²) in [5.41, 5.74) is 0.630. The normalized spacial score (nSPS) is 10.7. The third-order valence-electron chi connectivity index (χ3n) is 2.95. The molecule has 6 heteroatoms. The van der Waals surface area contributed by atoms with E-state index in [9.17, 15) is 9.59 Å². The van der Waals surface area contributed by atoms with Crippen LogP contribution in [0.1, 0.15) is 23.9 Å². The highest BCUT2D eigenvalue weighted by Gasteiger charge is 2.19. The Morgan fingerprint density at radius 1 is 1.35 bits per heavy atom. The number of hydrogen-bond donors (Lipinski definition) is 1. The Kier molecular flexibility index (Phi) is 4.44. The third-order valence-corrected chi connectivity index (χ3v) is 3.45. The topological polar surface area (TPSA) is 70.8 Å². The van der Waals surface area contributed by atoms with Crippen LogP contribution in [0, 0.1) is 0 Å². The molecule has 0 saturated heterocycles. The first-order valence-corrected chi connectivity index (χ1v) is 7.00. The maximum absolute atomic E-state index is 12.3. The van der Waals surface area contributed by atoms with E-state index in [1.807, 2.05) is 12.1 Å². The van der Waals surface area contributed by atoms with Crippen molar-refractivity contribution in [1.29, 1.82) is 0 Å². The molecule has 0 unspecified atom stereocenters. The summed E-state index contributed by atoms with van der Waals surface area (Å²) >= 11 is 3.36. The Bertz CT molecular complexity index is 650. The smallest absolute Gasteiger partial charge is 0.305 e. The van der Waals surface area contributed by atoms with Gasteiger partial charge in [-0.05, 0) is 31.2 Å². The van der Waals surface area contributed by atoms with Crippen LogP contribution in [0.5, 0.6) is 0 Å². The highest BCUT2D eigenvalue weighted by molar-refractivity contribution is 9.10. The Balaban J connectivity index is 2.22. The second-order valence-electron chi connectivity index (χ2n) is 4.32. The number of nitrogens with zero attached hydrogens (tertiary/aromatic N) is 1. The molecule has 0 bridgehead atoms. The van der Waals surface area contributed by atoms with Crippen molar-refractivity contribution in [2.75, 3.05) is 13.1 Å². The van der Waals surface area contributed by atoms with Crippen LogP contribution in [-0.2, 0) is 4.79 Å². The number of fused-ring (bicyclic) bond motifs is 1. The molecular weight excluding hydrogens is 326 g/mol. The van der Waals surface area contributed by atoms with E-state index in [0.29, 0.717) is 12.1 Å². The van der Waals surface area contributed by atoms with E-state index in [2.05, 4.69) is 15.9 Å². The monoisotopic (exact) mass is 339 g/mol. The quantitative estimate of drug-likeness (QED) is 0.908.